The van der Waals surface area contributed by atoms with E-state index in [1.54, 1.807) is 32.4 Å². The van der Waals surface area contributed by atoms with Crippen molar-refractivity contribution in [1.82, 2.24) is 5.32 Å². The van der Waals surface area contributed by atoms with E-state index in [0.29, 0.717) is 17.1 Å². The van der Waals surface area contributed by atoms with Crippen molar-refractivity contribution >= 4 is 5.91 Å². The van der Waals surface area contributed by atoms with Gasteiger partial charge >= 0.3 is 0 Å². The van der Waals surface area contributed by atoms with E-state index in [1.807, 2.05) is 61.5 Å². The normalized spacial score (nSPS) is 11.5. The molecule has 27 heavy (non-hydrogen) atoms. The minimum atomic E-state index is -0.253. The first kappa shape index (κ1) is 18.5. The highest BCUT2D eigenvalue weighted by Gasteiger charge is 2.19. The SMILES string of the molecule is COc1cc(OC)cc(C(=O)N[C@@H](c2ccccc2)c2ccc(C)cc2)c1. The first-order valence-corrected chi connectivity index (χ1v) is 8.76. The lowest BCUT2D eigenvalue weighted by atomic mass is 9.97. The molecule has 1 amide bonds. The average molecular weight is 361 g/mol. The number of rotatable bonds is 6. The van der Waals surface area contributed by atoms with Gasteiger partial charge in [0.05, 0.1) is 20.3 Å². The van der Waals surface area contributed by atoms with E-state index in [0.717, 1.165) is 11.1 Å². The van der Waals surface area contributed by atoms with Gasteiger partial charge in [-0.05, 0) is 30.2 Å². The Hall–Kier alpha value is -3.27. The summed E-state index contributed by atoms with van der Waals surface area (Å²) in [6, 6.07) is 23.0. The third-order valence-corrected chi connectivity index (χ3v) is 4.43. The van der Waals surface area contributed by atoms with Gasteiger partial charge in [0.25, 0.3) is 5.91 Å². The van der Waals surface area contributed by atoms with Gasteiger partial charge in [0.15, 0.2) is 0 Å². The van der Waals surface area contributed by atoms with Crippen LogP contribution < -0.4 is 14.8 Å². The first-order valence-electron chi connectivity index (χ1n) is 8.76. The second-order valence-electron chi connectivity index (χ2n) is 6.33. The van der Waals surface area contributed by atoms with Gasteiger partial charge in [-0.15, -0.1) is 0 Å². The van der Waals surface area contributed by atoms with Gasteiger partial charge < -0.3 is 14.8 Å². The van der Waals surface area contributed by atoms with Crippen molar-refractivity contribution in [2.24, 2.45) is 0 Å². The highest BCUT2D eigenvalue weighted by Crippen LogP contribution is 2.26. The van der Waals surface area contributed by atoms with Crippen LogP contribution in [0.1, 0.15) is 33.1 Å². The van der Waals surface area contributed by atoms with E-state index in [1.165, 1.54) is 5.56 Å². The van der Waals surface area contributed by atoms with Gasteiger partial charge in [-0.1, -0.05) is 60.2 Å². The lowest BCUT2D eigenvalue weighted by molar-refractivity contribution is 0.0942. The Labute approximate surface area is 159 Å². The topological polar surface area (TPSA) is 47.6 Å². The molecule has 0 saturated carbocycles. The Morgan fingerprint density at radius 1 is 0.815 bits per heavy atom. The molecule has 4 heteroatoms. The summed E-state index contributed by atoms with van der Waals surface area (Å²) in [7, 11) is 3.13. The monoisotopic (exact) mass is 361 g/mol. The third kappa shape index (κ3) is 4.47. The van der Waals surface area contributed by atoms with Gasteiger partial charge in [0.2, 0.25) is 0 Å². The molecule has 0 aliphatic carbocycles. The zero-order valence-electron chi connectivity index (χ0n) is 15.7. The molecule has 4 nitrogen and oxygen atoms in total. The van der Waals surface area contributed by atoms with Crippen LogP contribution in [0.25, 0.3) is 0 Å². The molecule has 0 spiro atoms. The molecule has 1 N–H and O–H groups in total. The summed E-state index contributed by atoms with van der Waals surface area (Å²) in [5.41, 5.74) is 3.70. The second-order valence-corrected chi connectivity index (χ2v) is 6.33. The summed E-state index contributed by atoms with van der Waals surface area (Å²) in [5, 5.41) is 3.14. The molecule has 0 bridgehead atoms. The zero-order valence-corrected chi connectivity index (χ0v) is 15.7. The number of ether oxygens (including phenoxy) is 2. The molecule has 0 saturated heterocycles. The number of hydrogen-bond donors (Lipinski definition) is 1. The Morgan fingerprint density at radius 3 is 1.93 bits per heavy atom. The molecule has 3 rings (SSSR count). The number of methoxy groups -OCH3 is 2. The molecule has 0 aliphatic rings. The maximum Gasteiger partial charge on any atom is 0.252 e. The third-order valence-electron chi connectivity index (χ3n) is 4.43. The van der Waals surface area contributed by atoms with Gasteiger partial charge in [-0.3, -0.25) is 4.79 Å². The van der Waals surface area contributed by atoms with E-state index < -0.39 is 0 Å². The summed E-state index contributed by atoms with van der Waals surface area (Å²) in [6.45, 7) is 2.04. The molecule has 0 unspecified atom stereocenters. The summed E-state index contributed by atoms with van der Waals surface area (Å²) >= 11 is 0. The number of hydrogen-bond acceptors (Lipinski definition) is 3. The van der Waals surface area contributed by atoms with Crippen molar-refractivity contribution in [2.75, 3.05) is 14.2 Å². The fraction of sp³-hybridized carbons (Fsp3) is 0.174. The Kier molecular flexibility index (Phi) is 5.77. The highest BCUT2D eigenvalue weighted by molar-refractivity contribution is 5.95. The van der Waals surface area contributed by atoms with Crippen LogP contribution in [0.3, 0.4) is 0 Å². The molecular weight excluding hydrogens is 338 g/mol. The van der Waals surface area contributed by atoms with Crippen molar-refractivity contribution in [2.45, 2.75) is 13.0 Å². The van der Waals surface area contributed by atoms with Crippen LogP contribution in [0.4, 0.5) is 0 Å². The minimum Gasteiger partial charge on any atom is -0.497 e. The predicted octanol–water partition coefficient (Wildman–Crippen LogP) is 4.53. The largest absolute Gasteiger partial charge is 0.497 e. The fourth-order valence-corrected chi connectivity index (χ4v) is 2.92. The highest BCUT2D eigenvalue weighted by atomic mass is 16.5. The smallest absolute Gasteiger partial charge is 0.252 e. The molecule has 1 atom stereocenters. The molecule has 138 valence electrons. The molecule has 0 heterocycles. The van der Waals surface area contributed by atoms with Gasteiger partial charge in [0.1, 0.15) is 11.5 Å². The van der Waals surface area contributed by atoms with E-state index in [4.69, 9.17) is 9.47 Å². The van der Waals surface area contributed by atoms with E-state index in [9.17, 15) is 4.79 Å². The lowest BCUT2D eigenvalue weighted by Crippen LogP contribution is -2.29. The summed E-state index contributed by atoms with van der Waals surface area (Å²) in [4.78, 5) is 13.0. The van der Waals surface area contributed by atoms with Crippen LogP contribution in [-0.4, -0.2) is 20.1 Å². The summed E-state index contributed by atoms with van der Waals surface area (Å²) in [5.74, 6) is 0.957. The molecular formula is C23H23NO3. The van der Waals surface area contributed by atoms with E-state index in [2.05, 4.69) is 5.32 Å². The molecule has 0 fully saturated rings. The lowest BCUT2D eigenvalue weighted by Gasteiger charge is -2.20. The van der Waals surface area contributed by atoms with Gasteiger partial charge in [-0.25, -0.2) is 0 Å². The quantitative estimate of drug-likeness (QED) is 0.702. The second kappa shape index (κ2) is 8.41. The Morgan fingerprint density at radius 2 is 1.37 bits per heavy atom. The van der Waals surface area contributed by atoms with Crippen LogP contribution >= 0.6 is 0 Å². The standard InChI is InChI=1S/C23H23NO3/c1-16-9-11-18(12-10-16)22(17-7-5-4-6-8-17)24-23(25)19-13-20(26-2)15-21(14-19)27-3/h4-15,22H,1-3H3,(H,24,25)/t22-/m0/s1. The number of benzene rings is 3. The van der Waals surface area contributed by atoms with Gasteiger partial charge in [-0.2, -0.15) is 0 Å². The first-order chi connectivity index (χ1) is 13.1. The van der Waals surface area contributed by atoms with Crippen molar-refractivity contribution < 1.29 is 14.3 Å². The maximum absolute atomic E-state index is 13.0. The van der Waals surface area contributed by atoms with Crippen molar-refractivity contribution in [1.29, 1.82) is 0 Å². The Bertz CT molecular complexity index is 882. The van der Waals surface area contributed by atoms with Crippen LogP contribution in [0.5, 0.6) is 11.5 Å². The molecule has 3 aromatic rings. The van der Waals surface area contributed by atoms with Crippen molar-refractivity contribution in [3.8, 4) is 11.5 Å². The average Bonchev–Trinajstić information content (AvgIpc) is 2.72. The van der Waals surface area contributed by atoms with Crippen molar-refractivity contribution in [3.05, 3.63) is 95.1 Å². The maximum atomic E-state index is 13.0. The molecule has 0 aromatic heterocycles. The van der Waals surface area contributed by atoms with E-state index >= 15 is 0 Å². The van der Waals surface area contributed by atoms with Crippen LogP contribution in [0.15, 0.2) is 72.8 Å². The molecule has 0 radical (unpaired) electrons. The number of carbonyl (C=O) groups excluding carboxylic acids is 1. The van der Waals surface area contributed by atoms with Crippen molar-refractivity contribution in [3.63, 3.8) is 0 Å². The van der Waals surface area contributed by atoms with Gasteiger partial charge in [0, 0.05) is 11.6 Å². The molecule has 3 aromatic carbocycles. The summed E-state index contributed by atoms with van der Waals surface area (Å²) in [6.07, 6.45) is 0. The van der Waals surface area contributed by atoms with Crippen LogP contribution in [0.2, 0.25) is 0 Å². The Balaban J connectivity index is 1.94. The zero-order chi connectivity index (χ0) is 19.2. The fourth-order valence-electron chi connectivity index (χ4n) is 2.92. The van der Waals surface area contributed by atoms with Crippen LogP contribution in [0, 0.1) is 6.92 Å². The van der Waals surface area contributed by atoms with E-state index in [-0.39, 0.29) is 11.9 Å². The van der Waals surface area contributed by atoms with Crippen LogP contribution in [-0.2, 0) is 0 Å². The number of carbonyl (C=O) groups is 1. The predicted molar refractivity (Wildman–Crippen MR) is 106 cm³/mol. The number of aryl methyl sites for hydroxylation is 1. The molecule has 0 aliphatic heterocycles. The number of amides is 1. The minimum absolute atomic E-state index is 0.193. The number of nitrogens with one attached hydrogen (secondary N) is 1. The summed E-state index contributed by atoms with van der Waals surface area (Å²) < 4.78 is 10.5.